The van der Waals surface area contributed by atoms with Gasteiger partial charge in [-0.15, -0.1) is 0 Å². The van der Waals surface area contributed by atoms with E-state index in [0.29, 0.717) is 0 Å². The summed E-state index contributed by atoms with van der Waals surface area (Å²) in [7, 11) is 0. The molecule has 0 atom stereocenters. The Morgan fingerprint density at radius 1 is 0.400 bits per heavy atom. The van der Waals surface area contributed by atoms with Gasteiger partial charge in [0.25, 0.3) is 0 Å². The Bertz CT molecular complexity index is 13.6. The minimum atomic E-state index is 0. The van der Waals surface area contributed by atoms with Crippen molar-refractivity contribution in [1.29, 1.82) is 0 Å². The first-order valence-electron chi connectivity index (χ1n) is 0. The normalized spacial score (nSPS) is 0. The van der Waals surface area contributed by atoms with E-state index in [1.54, 1.807) is 0 Å². The average Bonchev–Trinajstić information content (AvgIpc) is 0. The van der Waals surface area contributed by atoms with E-state index >= 15 is 0 Å². The van der Waals surface area contributed by atoms with E-state index in [0.717, 1.165) is 0 Å². The maximum Gasteiger partial charge on any atom is 3.00 e. The standard InChI is InChI=1S/7O.Sb.V.W/q7*-2;+3;;. The fourth-order valence-corrected chi connectivity index (χ4v) is 0. The predicted molar refractivity (Wildman–Crippen MR) is 10.6 cm³/mol. The first-order chi connectivity index (χ1) is 0. The van der Waals surface area contributed by atoms with E-state index in [9.17, 15) is 0 Å². The molecular weight excluding hydrogens is 469 g/mol. The van der Waals surface area contributed by atoms with Gasteiger partial charge in [0.05, 0.1) is 0 Å². The second kappa shape index (κ2) is 317. The zero-order valence-electron chi connectivity index (χ0n) is 4.16. The Morgan fingerprint density at radius 2 is 0.400 bits per heavy atom. The average molecular weight is 469 g/mol. The molecule has 10 heavy (non-hydrogen) atoms. The third-order valence-corrected chi connectivity index (χ3v) is 0. The summed E-state index contributed by atoms with van der Waals surface area (Å²) >= 11 is 0. The van der Waals surface area contributed by atoms with Gasteiger partial charge in [0, 0.05) is 39.6 Å². The monoisotopic (exact) mass is 468 g/mol. The van der Waals surface area contributed by atoms with Crippen LogP contribution in [0, 0.1) is 0 Å². The summed E-state index contributed by atoms with van der Waals surface area (Å²) in [4.78, 5) is 0. The van der Waals surface area contributed by atoms with Crippen molar-refractivity contribution in [1.82, 2.24) is 0 Å². The maximum atomic E-state index is 0. The smallest absolute Gasteiger partial charge is 2.00 e. The predicted octanol–water partition coefficient (Wildman–Crippen LogP) is -1.22. The molecule has 0 saturated carbocycles. The molecule has 0 aliphatic carbocycles. The number of rotatable bonds is 0. The van der Waals surface area contributed by atoms with Crippen molar-refractivity contribution >= 4 is 24.4 Å². The van der Waals surface area contributed by atoms with Crippen molar-refractivity contribution in [2.45, 2.75) is 0 Å². The van der Waals surface area contributed by atoms with E-state index < -0.39 is 0 Å². The summed E-state index contributed by atoms with van der Waals surface area (Å²) in [5.41, 5.74) is 0. The van der Waals surface area contributed by atoms with Crippen molar-refractivity contribution in [2.24, 2.45) is 0 Å². The summed E-state index contributed by atoms with van der Waals surface area (Å²) in [6.45, 7) is 0. The molecule has 0 saturated heterocycles. The fraction of sp³-hybridized carbons (Fsp3) is 0. The quantitative estimate of drug-likeness (QED) is 0.384. The van der Waals surface area contributed by atoms with Gasteiger partial charge in [-0.25, -0.2) is 0 Å². The Morgan fingerprint density at radius 3 is 0.400 bits per heavy atom. The van der Waals surface area contributed by atoms with Gasteiger partial charge in [-0.1, -0.05) is 0 Å². The third kappa shape index (κ3) is 232. The molecule has 0 aromatic carbocycles. The Balaban J connectivity index is 0. The molecule has 3 radical (unpaired) electrons. The SMILES string of the molecule is [O-2].[O-2].[O-2].[O-2].[O-2].[O-2].[O-2].[Sb+3].[V].[W]. The van der Waals surface area contributed by atoms with Gasteiger partial charge in [0.15, 0.2) is 0 Å². The molecule has 0 amide bonds. The van der Waals surface area contributed by atoms with E-state index in [-0.39, 0.29) is 102 Å². The molecule has 0 rings (SSSR count). The molecular formula is O7SbVW-11. The second-order valence-electron chi connectivity index (χ2n) is 0. The molecule has 10 heteroatoms. The van der Waals surface area contributed by atoms with Gasteiger partial charge in [-0.05, 0) is 0 Å². The summed E-state index contributed by atoms with van der Waals surface area (Å²) in [5.74, 6) is 0. The van der Waals surface area contributed by atoms with Crippen molar-refractivity contribution < 1.29 is 78.0 Å². The Kier molecular flexibility index (Phi) is 13400. The van der Waals surface area contributed by atoms with Crippen molar-refractivity contribution in [2.75, 3.05) is 0 Å². The fourth-order valence-electron chi connectivity index (χ4n) is 0. The molecule has 0 N–H and O–H groups in total. The van der Waals surface area contributed by atoms with Crippen molar-refractivity contribution in [3.63, 3.8) is 0 Å². The summed E-state index contributed by atoms with van der Waals surface area (Å²) in [6.07, 6.45) is 0. The summed E-state index contributed by atoms with van der Waals surface area (Å²) < 4.78 is 0. The molecule has 0 aromatic rings. The van der Waals surface area contributed by atoms with Crippen LogP contribution in [0.15, 0.2) is 0 Å². The summed E-state index contributed by atoms with van der Waals surface area (Å²) in [5, 5.41) is 0. The maximum absolute atomic E-state index is 0. The van der Waals surface area contributed by atoms with Gasteiger partial charge in [-0.2, -0.15) is 0 Å². The van der Waals surface area contributed by atoms with Crippen LogP contribution < -0.4 is 0 Å². The first-order valence-corrected chi connectivity index (χ1v) is 0. The molecule has 0 aliphatic rings. The molecule has 0 aliphatic heterocycles. The van der Waals surface area contributed by atoms with Gasteiger partial charge in [0.2, 0.25) is 0 Å². The largest absolute Gasteiger partial charge is 3.00 e. The van der Waals surface area contributed by atoms with E-state index in [4.69, 9.17) is 0 Å². The van der Waals surface area contributed by atoms with E-state index in [2.05, 4.69) is 0 Å². The van der Waals surface area contributed by atoms with Crippen LogP contribution in [0.25, 0.3) is 0 Å². The Labute approximate surface area is 102 Å². The first kappa shape index (κ1) is 421. The second-order valence-corrected chi connectivity index (χ2v) is 0. The molecule has 0 heterocycles. The molecule has 0 unspecified atom stereocenters. The van der Waals surface area contributed by atoms with Crippen LogP contribution in [0.3, 0.4) is 0 Å². The zero-order valence-corrected chi connectivity index (χ0v) is 11.0. The van der Waals surface area contributed by atoms with Gasteiger partial charge in [0.1, 0.15) is 0 Å². The van der Waals surface area contributed by atoms with Crippen molar-refractivity contribution in [3.8, 4) is 0 Å². The van der Waals surface area contributed by atoms with Crippen LogP contribution in [0.1, 0.15) is 0 Å². The van der Waals surface area contributed by atoms with Crippen molar-refractivity contribution in [3.05, 3.63) is 0 Å². The Hall–Kier alpha value is 1.81. The van der Waals surface area contributed by atoms with Crippen LogP contribution in [-0.2, 0) is 78.0 Å². The van der Waals surface area contributed by atoms with E-state index in [1.165, 1.54) is 0 Å². The van der Waals surface area contributed by atoms with Crippen LogP contribution in [0.5, 0.6) is 0 Å². The van der Waals surface area contributed by atoms with Gasteiger partial charge >= 0.3 is 24.4 Å². The zero-order chi connectivity index (χ0) is 0. The van der Waals surface area contributed by atoms with Crippen LogP contribution in [0.2, 0.25) is 0 Å². The van der Waals surface area contributed by atoms with Gasteiger partial charge < -0.3 is 38.3 Å². The topological polar surface area (TPSA) is 200 Å². The molecule has 0 bridgehead atoms. The summed E-state index contributed by atoms with van der Waals surface area (Å²) in [6, 6.07) is 0. The van der Waals surface area contributed by atoms with Crippen LogP contribution in [0.4, 0.5) is 0 Å². The van der Waals surface area contributed by atoms with E-state index in [1.807, 2.05) is 0 Å². The van der Waals surface area contributed by atoms with Gasteiger partial charge in [-0.3, -0.25) is 0 Å². The minimum absolute atomic E-state index is 0. The molecule has 0 fully saturated rings. The molecule has 0 spiro atoms. The minimum Gasteiger partial charge on any atom is -2.00 e. The molecule has 7 nitrogen and oxygen atoms in total. The molecule has 0 aromatic heterocycles. The van der Waals surface area contributed by atoms with Crippen LogP contribution in [-0.4, -0.2) is 24.4 Å². The number of hydrogen-bond acceptors (Lipinski definition) is 0. The third-order valence-electron chi connectivity index (χ3n) is 0. The molecule has 69 valence electrons. The number of hydrogen-bond donors (Lipinski definition) is 0. The van der Waals surface area contributed by atoms with Crippen LogP contribution >= 0.6 is 0 Å².